The van der Waals surface area contributed by atoms with Crippen molar-refractivity contribution in [1.82, 2.24) is 15.2 Å². The third kappa shape index (κ3) is 6.73. The first kappa shape index (κ1) is 24.2. The molecule has 1 aromatic carbocycles. The molecular weight excluding hydrogens is 493 g/mol. The minimum Gasteiger partial charge on any atom is -0.497 e. The van der Waals surface area contributed by atoms with E-state index < -0.39 is 0 Å². The Kier molecular flexibility index (Phi) is 9.64. The van der Waals surface area contributed by atoms with Crippen LogP contribution in [0.1, 0.15) is 18.1 Å². The largest absolute Gasteiger partial charge is 0.497 e. The van der Waals surface area contributed by atoms with E-state index in [1.165, 1.54) is 5.56 Å². The Labute approximate surface area is 196 Å². The minimum atomic E-state index is 0. The van der Waals surface area contributed by atoms with Gasteiger partial charge in [0, 0.05) is 46.5 Å². The van der Waals surface area contributed by atoms with Crippen molar-refractivity contribution in [3.05, 3.63) is 53.7 Å². The van der Waals surface area contributed by atoms with Gasteiger partial charge in [0.25, 0.3) is 0 Å². The minimum absolute atomic E-state index is 0. The predicted octanol–water partition coefficient (Wildman–Crippen LogP) is 3.14. The summed E-state index contributed by atoms with van der Waals surface area (Å²) in [7, 11) is 5.50. The highest BCUT2D eigenvalue weighted by Crippen LogP contribution is 2.16. The van der Waals surface area contributed by atoms with Crippen molar-refractivity contribution < 1.29 is 9.47 Å². The third-order valence-electron chi connectivity index (χ3n) is 4.98. The second-order valence-corrected chi connectivity index (χ2v) is 7.26. The number of aliphatic imine (C=N–C) groups is 1. The lowest BCUT2D eigenvalue weighted by molar-refractivity contribution is 0.0529. The number of rotatable bonds is 6. The maximum absolute atomic E-state index is 5.60. The Morgan fingerprint density at radius 2 is 2.00 bits per heavy atom. The number of methoxy groups -OCH3 is 1. The van der Waals surface area contributed by atoms with Crippen LogP contribution in [0.4, 0.5) is 5.82 Å². The predicted molar refractivity (Wildman–Crippen MR) is 132 cm³/mol. The molecule has 0 aliphatic carbocycles. The van der Waals surface area contributed by atoms with E-state index >= 15 is 0 Å². The van der Waals surface area contributed by atoms with Crippen molar-refractivity contribution in [2.75, 3.05) is 45.8 Å². The molecular formula is C22H32IN5O2. The molecule has 1 aromatic heterocycles. The molecule has 0 amide bonds. The molecule has 1 aliphatic heterocycles. The molecule has 0 bridgehead atoms. The van der Waals surface area contributed by atoms with E-state index in [2.05, 4.69) is 56.3 Å². The molecule has 1 atom stereocenters. The zero-order chi connectivity index (χ0) is 20.6. The van der Waals surface area contributed by atoms with Crippen molar-refractivity contribution in [1.29, 1.82) is 0 Å². The summed E-state index contributed by atoms with van der Waals surface area (Å²) in [5.41, 5.74) is 2.32. The molecule has 8 heteroatoms. The second kappa shape index (κ2) is 11.9. The van der Waals surface area contributed by atoms with E-state index in [1.54, 1.807) is 14.2 Å². The summed E-state index contributed by atoms with van der Waals surface area (Å²) in [6, 6.07) is 12.3. The van der Waals surface area contributed by atoms with Gasteiger partial charge in [0.15, 0.2) is 5.96 Å². The third-order valence-corrected chi connectivity index (χ3v) is 4.98. The molecule has 0 radical (unpaired) electrons. The molecule has 1 fully saturated rings. The van der Waals surface area contributed by atoms with Crippen LogP contribution in [0.3, 0.4) is 0 Å². The van der Waals surface area contributed by atoms with E-state index in [4.69, 9.17) is 9.47 Å². The Morgan fingerprint density at radius 1 is 1.27 bits per heavy atom. The van der Waals surface area contributed by atoms with Gasteiger partial charge in [0.2, 0.25) is 0 Å². The summed E-state index contributed by atoms with van der Waals surface area (Å²) >= 11 is 0. The fraction of sp³-hybridized carbons (Fsp3) is 0.455. The van der Waals surface area contributed by atoms with Crippen molar-refractivity contribution in [3.8, 4) is 5.75 Å². The van der Waals surface area contributed by atoms with Gasteiger partial charge in [0.05, 0.1) is 19.8 Å². The summed E-state index contributed by atoms with van der Waals surface area (Å²) in [6.07, 6.45) is 2.18. The van der Waals surface area contributed by atoms with E-state index in [1.807, 2.05) is 25.4 Å². The zero-order valence-corrected chi connectivity index (χ0v) is 20.5. The standard InChI is InChI=1S/C22H31N5O2.HI/c1-17-15-27(11-12-29-17)21-10-7-19(13-24-21)14-25-22(23-2)26(3)16-18-5-8-20(28-4)9-6-18;/h5-10,13,17H,11-12,14-16H2,1-4H3,(H,23,25);1H. The van der Waals surface area contributed by atoms with Crippen LogP contribution in [-0.2, 0) is 17.8 Å². The maximum Gasteiger partial charge on any atom is 0.193 e. The Balaban J connectivity index is 0.00000320. The topological polar surface area (TPSA) is 62.2 Å². The number of halogens is 1. The molecule has 1 unspecified atom stereocenters. The molecule has 1 aliphatic rings. The molecule has 1 saturated heterocycles. The van der Waals surface area contributed by atoms with E-state index in [-0.39, 0.29) is 30.1 Å². The number of anilines is 1. The van der Waals surface area contributed by atoms with Gasteiger partial charge in [-0.15, -0.1) is 24.0 Å². The van der Waals surface area contributed by atoms with Crippen molar-refractivity contribution in [3.63, 3.8) is 0 Å². The highest BCUT2D eigenvalue weighted by atomic mass is 127. The fourth-order valence-corrected chi connectivity index (χ4v) is 3.38. The second-order valence-electron chi connectivity index (χ2n) is 7.26. The van der Waals surface area contributed by atoms with Crippen LogP contribution >= 0.6 is 24.0 Å². The average molecular weight is 525 g/mol. The molecule has 2 aromatic rings. The Bertz CT molecular complexity index is 798. The number of nitrogens with zero attached hydrogens (tertiary/aromatic N) is 4. The lowest BCUT2D eigenvalue weighted by Gasteiger charge is -2.32. The molecule has 2 heterocycles. The van der Waals surface area contributed by atoms with Gasteiger partial charge in [-0.05, 0) is 36.2 Å². The maximum atomic E-state index is 5.60. The quantitative estimate of drug-likeness (QED) is 0.356. The highest BCUT2D eigenvalue weighted by molar-refractivity contribution is 14.0. The zero-order valence-electron chi connectivity index (χ0n) is 18.2. The number of hydrogen-bond donors (Lipinski definition) is 1. The van der Waals surface area contributed by atoms with Gasteiger partial charge in [-0.2, -0.15) is 0 Å². The number of ether oxygens (including phenoxy) is 2. The van der Waals surface area contributed by atoms with E-state index in [0.717, 1.165) is 49.3 Å². The van der Waals surface area contributed by atoms with E-state index in [0.29, 0.717) is 6.54 Å². The Morgan fingerprint density at radius 3 is 2.60 bits per heavy atom. The van der Waals surface area contributed by atoms with Crippen LogP contribution < -0.4 is 15.0 Å². The summed E-state index contributed by atoms with van der Waals surface area (Å²) in [6.45, 7) is 6.05. The lowest BCUT2D eigenvalue weighted by atomic mass is 10.2. The van der Waals surface area contributed by atoms with Crippen LogP contribution in [0, 0.1) is 0 Å². The molecule has 3 rings (SSSR count). The smallest absolute Gasteiger partial charge is 0.193 e. The van der Waals surface area contributed by atoms with E-state index in [9.17, 15) is 0 Å². The molecule has 0 saturated carbocycles. The number of aromatic nitrogens is 1. The summed E-state index contributed by atoms with van der Waals surface area (Å²) < 4.78 is 10.8. The summed E-state index contributed by atoms with van der Waals surface area (Å²) in [5, 5.41) is 3.41. The first-order valence-electron chi connectivity index (χ1n) is 9.95. The fourth-order valence-electron chi connectivity index (χ4n) is 3.38. The van der Waals surface area contributed by atoms with Gasteiger partial charge in [-0.25, -0.2) is 4.98 Å². The van der Waals surface area contributed by atoms with Crippen LogP contribution in [0.5, 0.6) is 5.75 Å². The van der Waals surface area contributed by atoms with Crippen molar-refractivity contribution in [2.24, 2.45) is 4.99 Å². The van der Waals surface area contributed by atoms with Crippen LogP contribution in [0.25, 0.3) is 0 Å². The van der Waals surface area contributed by atoms with Crippen LogP contribution in [-0.4, -0.2) is 62.8 Å². The van der Waals surface area contributed by atoms with Gasteiger partial charge < -0.3 is 24.6 Å². The molecule has 164 valence electrons. The number of hydrogen-bond acceptors (Lipinski definition) is 5. The molecule has 30 heavy (non-hydrogen) atoms. The van der Waals surface area contributed by atoms with Gasteiger partial charge in [-0.3, -0.25) is 4.99 Å². The normalized spacial score (nSPS) is 16.6. The number of benzene rings is 1. The summed E-state index contributed by atoms with van der Waals surface area (Å²) in [4.78, 5) is 13.4. The van der Waals surface area contributed by atoms with Crippen molar-refractivity contribution in [2.45, 2.75) is 26.1 Å². The lowest BCUT2D eigenvalue weighted by Crippen LogP contribution is -2.41. The SMILES string of the molecule is CN=C(NCc1ccc(N2CCOC(C)C2)nc1)N(C)Cc1ccc(OC)cc1.I. The molecule has 1 N–H and O–H groups in total. The molecule has 7 nitrogen and oxygen atoms in total. The van der Waals surface area contributed by atoms with Crippen LogP contribution in [0.15, 0.2) is 47.6 Å². The average Bonchev–Trinajstić information content (AvgIpc) is 2.75. The molecule has 0 spiro atoms. The summed E-state index contributed by atoms with van der Waals surface area (Å²) in [5.74, 6) is 2.71. The highest BCUT2D eigenvalue weighted by Gasteiger charge is 2.17. The number of guanidine groups is 1. The first-order chi connectivity index (χ1) is 14.1. The number of morpholine rings is 1. The van der Waals surface area contributed by atoms with Crippen molar-refractivity contribution >= 4 is 35.8 Å². The number of nitrogens with one attached hydrogen (secondary N) is 1. The van der Waals surface area contributed by atoms with Gasteiger partial charge >= 0.3 is 0 Å². The number of pyridine rings is 1. The van der Waals surface area contributed by atoms with Gasteiger partial charge in [0.1, 0.15) is 11.6 Å². The van der Waals surface area contributed by atoms with Gasteiger partial charge in [-0.1, -0.05) is 18.2 Å². The monoisotopic (exact) mass is 525 g/mol. The van der Waals surface area contributed by atoms with Crippen LogP contribution in [0.2, 0.25) is 0 Å². The Hall–Kier alpha value is -2.07. The first-order valence-corrected chi connectivity index (χ1v) is 9.95.